The Kier molecular flexibility index (Phi) is 2.94. The van der Waals surface area contributed by atoms with Gasteiger partial charge in [-0.15, -0.1) is 0 Å². The largest absolute Gasteiger partial charge is 0.496 e. The number of halogens is 1. The average molecular weight is 337 g/mol. The molecule has 20 heavy (non-hydrogen) atoms. The predicted molar refractivity (Wildman–Crippen MR) is 77.0 cm³/mol. The maximum absolute atomic E-state index is 11.7. The van der Waals surface area contributed by atoms with Crippen LogP contribution in [0.3, 0.4) is 0 Å². The quantitative estimate of drug-likeness (QED) is 0.657. The zero-order valence-corrected chi connectivity index (χ0v) is 11.9. The molecule has 102 valence electrons. The molecule has 0 amide bonds. The zero-order valence-electron chi connectivity index (χ0n) is 10.3. The molecule has 0 bridgehead atoms. The standard InChI is InChI=1S/C12H9BrN4O3/c1-20-7-4-5(13)2-3-6(7)9-14-8-10(15-9)16-12(19)17-11(8)18/h2-4H,1H3,(H3,14,15,16,17,18,19). The summed E-state index contributed by atoms with van der Waals surface area (Å²) in [5.41, 5.74) is -0.00246. The van der Waals surface area contributed by atoms with E-state index in [9.17, 15) is 9.59 Å². The highest BCUT2D eigenvalue weighted by Gasteiger charge is 2.13. The lowest BCUT2D eigenvalue weighted by Crippen LogP contribution is -2.21. The highest BCUT2D eigenvalue weighted by atomic mass is 79.9. The molecule has 1 aromatic carbocycles. The molecule has 8 heteroatoms. The Morgan fingerprint density at radius 2 is 2.00 bits per heavy atom. The Bertz CT molecular complexity index is 909. The molecule has 0 aliphatic heterocycles. The van der Waals surface area contributed by atoms with E-state index in [1.165, 1.54) is 0 Å². The van der Waals surface area contributed by atoms with E-state index >= 15 is 0 Å². The number of benzene rings is 1. The van der Waals surface area contributed by atoms with Gasteiger partial charge in [0.1, 0.15) is 17.1 Å². The molecule has 2 aromatic heterocycles. The van der Waals surface area contributed by atoms with Crippen LogP contribution in [0, 0.1) is 0 Å². The predicted octanol–water partition coefficient (Wildman–Crippen LogP) is 1.38. The van der Waals surface area contributed by atoms with Crippen LogP contribution in [0.1, 0.15) is 0 Å². The molecule has 0 atom stereocenters. The number of ether oxygens (including phenoxy) is 1. The van der Waals surface area contributed by atoms with Crippen molar-refractivity contribution in [1.82, 2.24) is 19.9 Å². The van der Waals surface area contributed by atoms with Crippen molar-refractivity contribution < 1.29 is 4.74 Å². The van der Waals surface area contributed by atoms with Gasteiger partial charge in [-0.2, -0.15) is 0 Å². The summed E-state index contributed by atoms with van der Waals surface area (Å²) < 4.78 is 6.14. The van der Waals surface area contributed by atoms with Gasteiger partial charge in [-0.3, -0.25) is 14.8 Å². The molecule has 0 saturated heterocycles. The summed E-state index contributed by atoms with van der Waals surface area (Å²) in [5, 5.41) is 0. The Labute approximate surface area is 120 Å². The van der Waals surface area contributed by atoms with Crippen molar-refractivity contribution >= 4 is 27.1 Å². The summed E-state index contributed by atoms with van der Waals surface area (Å²) in [6.07, 6.45) is 0. The molecular formula is C12H9BrN4O3. The van der Waals surface area contributed by atoms with Crippen molar-refractivity contribution in [3.63, 3.8) is 0 Å². The van der Waals surface area contributed by atoms with E-state index in [0.717, 1.165) is 4.47 Å². The van der Waals surface area contributed by atoms with Gasteiger partial charge >= 0.3 is 5.69 Å². The first kappa shape index (κ1) is 12.7. The molecule has 0 unspecified atom stereocenters. The van der Waals surface area contributed by atoms with E-state index < -0.39 is 11.2 Å². The minimum Gasteiger partial charge on any atom is -0.496 e. The number of rotatable bonds is 2. The van der Waals surface area contributed by atoms with E-state index in [1.807, 2.05) is 6.07 Å². The van der Waals surface area contributed by atoms with Crippen LogP contribution in [-0.4, -0.2) is 27.0 Å². The lowest BCUT2D eigenvalue weighted by atomic mass is 10.2. The number of aromatic nitrogens is 4. The Balaban J connectivity index is 2.28. The molecule has 0 aliphatic carbocycles. The molecule has 0 fully saturated rings. The highest BCUT2D eigenvalue weighted by Crippen LogP contribution is 2.31. The normalized spacial score (nSPS) is 10.9. The minimum absolute atomic E-state index is 0.207. The van der Waals surface area contributed by atoms with Gasteiger partial charge in [-0.05, 0) is 18.2 Å². The Morgan fingerprint density at radius 1 is 1.20 bits per heavy atom. The molecule has 0 spiro atoms. The van der Waals surface area contributed by atoms with Crippen molar-refractivity contribution in [3.05, 3.63) is 43.5 Å². The second kappa shape index (κ2) is 4.64. The minimum atomic E-state index is -0.594. The molecule has 7 nitrogen and oxygen atoms in total. The Morgan fingerprint density at radius 3 is 2.75 bits per heavy atom. The fourth-order valence-corrected chi connectivity index (χ4v) is 2.26. The number of fused-ring (bicyclic) bond motifs is 1. The van der Waals surface area contributed by atoms with Crippen molar-refractivity contribution in [2.75, 3.05) is 7.11 Å². The lowest BCUT2D eigenvalue weighted by molar-refractivity contribution is 0.416. The van der Waals surface area contributed by atoms with Crippen molar-refractivity contribution in [2.24, 2.45) is 0 Å². The van der Waals surface area contributed by atoms with Gasteiger partial charge < -0.3 is 9.72 Å². The van der Waals surface area contributed by atoms with E-state index in [4.69, 9.17) is 4.74 Å². The third kappa shape index (κ3) is 2.03. The van der Waals surface area contributed by atoms with Crippen LogP contribution in [0.15, 0.2) is 32.3 Å². The molecular weight excluding hydrogens is 328 g/mol. The number of nitrogens with one attached hydrogen (secondary N) is 3. The monoisotopic (exact) mass is 336 g/mol. The summed E-state index contributed by atoms with van der Waals surface area (Å²) in [6.45, 7) is 0. The van der Waals surface area contributed by atoms with Crippen LogP contribution in [0.4, 0.5) is 0 Å². The summed E-state index contributed by atoms with van der Waals surface area (Å²) >= 11 is 3.35. The number of hydrogen-bond donors (Lipinski definition) is 3. The van der Waals surface area contributed by atoms with Gasteiger partial charge in [0.25, 0.3) is 5.56 Å². The number of hydrogen-bond acceptors (Lipinski definition) is 4. The van der Waals surface area contributed by atoms with Crippen LogP contribution < -0.4 is 16.0 Å². The maximum Gasteiger partial charge on any atom is 0.327 e. The Hall–Kier alpha value is -2.35. The van der Waals surface area contributed by atoms with Crippen LogP contribution in [0.25, 0.3) is 22.6 Å². The van der Waals surface area contributed by atoms with E-state index in [1.54, 1.807) is 19.2 Å². The highest BCUT2D eigenvalue weighted by molar-refractivity contribution is 9.10. The number of aromatic amines is 3. The van der Waals surface area contributed by atoms with Gasteiger partial charge in [0.2, 0.25) is 0 Å². The number of imidazole rings is 1. The van der Waals surface area contributed by atoms with Crippen molar-refractivity contribution in [3.8, 4) is 17.1 Å². The average Bonchev–Trinajstić information content (AvgIpc) is 2.82. The van der Waals surface area contributed by atoms with Gasteiger partial charge in [0.15, 0.2) is 5.65 Å². The SMILES string of the molecule is COc1cc(Br)ccc1-c1nc2[nH]c(=O)[nH]c(=O)c2[nH]1. The van der Waals surface area contributed by atoms with Gasteiger partial charge in [0.05, 0.1) is 12.7 Å². The third-order valence-corrected chi connectivity index (χ3v) is 3.30. The molecule has 3 N–H and O–H groups in total. The van der Waals surface area contributed by atoms with Crippen molar-refractivity contribution in [1.29, 1.82) is 0 Å². The van der Waals surface area contributed by atoms with Gasteiger partial charge in [-0.25, -0.2) is 9.78 Å². The number of H-pyrrole nitrogens is 3. The molecule has 0 aliphatic rings. The molecule has 3 rings (SSSR count). The summed E-state index contributed by atoms with van der Waals surface area (Å²) in [7, 11) is 1.54. The second-order valence-corrected chi connectivity index (χ2v) is 4.98. The van der Waals surface area contributed by atoms with Crippen molar-refractivity contribution in [2.45, 2.75) is 0 Å². The van der Waals surface area contributed by atoms with E-state index in [-0.39, 0.29) is 11.2 Å². The topological polar surface area (TPSA) is 104 Å². The summed E-state index contributed by atoms with van der Waals surface area (Å²) in [4.78, 5) is 34.6. The van der Waals surface area contributed by atoms with E-state index in [0.29, 0.717) is 17.1 Å². The van der Waals surface area contributed by atoms with Crippen LogP contribution >= 0.6 is 15.9 Å². The summed E-state index contributed by atoms with van der Waals surface area (Å²) in [6, 6.07) is 5.42. The molecule has 3 aromatic rings. The van der Waals surface area contributed by atoms with Crippen LogP contribution in [0.5, 0.6) is 5.75 Å². The smallest absolute Gasteiger partial charge is 0.327 e. The fourth-order valence-electron chi connectivity index (χ4n) is 1.92. The maximum atomic E-state index is 11.7. The summed E-state index contributed by atoms with van der Waals surface area (Å²) in [5.74, 6) is 1.04. The fraction of sp³-hybridized carbons (Fsp3) is 0.0833. The van der Waals surface area contributed by atoms with E-state index in [2.05, 4.69) is 35.9 Å². The number of methoxy groups -OCH3 is 1. The lowest BCUT2D eigenvalue weighted by Gasteiger charge is -2.06. The molecule has 0 radical (unpaired) electrons. The van der Waals surface area contributed by atoms with Gasteiger partial charge in [0, 0.05) is 4.47 Å². The third-order valence-electron chi connectivity index (χ3n) is 2.81. The van der Waals surface area contributed by atoms with Crippen LogP contribution in [0.2, 0.25) is 0 Å². The molecule has 2 heterocycles. The molecule has 0 saturated carbocycles. The first-order chi connectivity index (χ1) is 9.58. The zero-order chi connectivity index (χ0) is 14.3. The van der Waals surface area contributed by atoms with Crippen LogP contribution in [-0.2, 0) is 0 Å². The second-order valence-electron chi connectivity index (χ2n) is 4.06. The number of nitrogens with zero attached hydrogens (tertiary/aromatic N) is 1. The first-order valence-electron chi connectivity index (χ1n) is 5.64. The van der Waals surface area contributed by atoms with Gasteiger partial charge in [-0.1, -0.05) is 15.9 Å². The first-order valence-corrected chi connectivity index (χ1v) is 6.44.